The van der Waals surface area contributed by atoms with E-state index in [-0.39, 0.29) is 10.9 Å². The van der Waals surface area contributed by atoms with Crippen LogP contribution in [0.2, 0.25) is 0 Å². The highest BCUT2D eigenvalue weighted by atomic mass is 79.9. The molecule has 1 aliphatic carbocycles. The number of hydrogen-bond acceptors (Lipinski definition) is 3. The van der Waals surface area contributed by atoms with Crippen LogP contribution in [0.3, 0.4) is 0 Å². The van der Waals surface area contributed by atoms with E-state index < -0.39 is 10.0 Å². The molecule has 1 unspecified atom stereocenters. The molecule has 0 spiro atoms. The molecule has 0 saturated heterocycles. The molecule has 118 valence electrons. The smallest absolute Gasteiger partial charge is 0.242 e. The molecule has 0 radical (unpaired) electrons. The van der Waals surface area contributed by atoms with E-state index in [4.69, 9.17) is 5.73 Å². The lowest BCUT2D eigenvalue weighted by Gasteiger charge is -2.23. The molecular weight excluding hydrogens is 420 g/mol. The average molecular weight is 440 g/mol. The fourth-order valence-corrected chi connectivity index (χ4v) is 5.79. The van der Waals surface area contributed by atoms with Gasteiger partial charge in [0, 0.05) is 21.5 Å². The van der Waals surface area contributed by atoms with Crippen LogP contribution in [0, 0.1) is 12.8 Å². The Morgan fingerprint density at radius 1 is 1.29 bits per heavy atom. The number of benzene rings is 1. The molecule has 2 rings (SSSR count). The molecule has 1 saturated carbocycles. The van der Waals surface area contributed by atoms with Gasteiger partial charge >= 0.3 is 0 Å². The van der Waals surface area contributed by atoms with Crippen molar-refractivity contribution >= 4 is 41.9 Å². The highest BCUT2D eigenvalue weighted by Crippen LogP contribution is 2.31. The van der Waals surface area contributed by atoms with Gasteiger partial charge in [0.05, 0.1) is 4.90 Å². The van der Waals surface area contributed by atoms with Crippen LogP contribution in [-0.4, -0.2) is 21.0 Å². The number of rotatable bonds is 5. The number of hydrogen-bond donors (Lipinski definition) is 2. The van der Waals surface area contributed by atoms with Crippen molar-refractivity contribution in [3.63, 3.8) is 0 Å². The molecule has 0 bridgehead atoms. The fourth-order valence-electron chi connectivity index (χ4n) is 2.79. The van der Waals surface area contributed by atoms with E-state index in [2.05, 4.69) is 36.6 Å². The minimum absolute atomic E-state index is 0.190. The molecule has 0 aromatic heterocycles. The van der Waals surface area contributed by atoms with Gasteiger partial charge in [-0.3, -0.25) is 0 Å². The summed E-state index contributed by atoms with van der Waals surface area (Å²) in [7, 11) is -3.59. The first-order chi connectivity index (χ1) is 9.85. The first-order valence-corrected chi connectivity index (χ1v) is 10.1. The fraction of sp³-hybridized carbons (Fsp3) is 0.571. The van der Waals surface area contributed by atoms with Crippen LogP contribution in [0.15, 0.2) is 26.0 Å². The second-order valence-electron chi connectivity index (χ2n) is 5.54. The standard InChI is InChI=1S/C14H20Br2N2O2S/c1-9-6-12(16)14(7-11(9)15)21(19,20)18-13(8-17)10-4-2-3-5-10/h6-7,10,13,18H,2-5,8,17H2,1H3. The van der Waals surface area contributed by atoms with Gasteiger partial charge in [-0.1, -0.05) is 28.8 Å². The van der Waals surface area contributed by atoms with Crippen molar-refractivity contribution in [3.05, 3.63) is 26.6 Å². The molecule has 0 heterocycles. The molecule has 0 amide bonds. The van der Waals surface area contributed by atoms with E-state index in [9.17, 15) is 8.42 Å². The summed E-state index contributed by atoms with van der Waals surface area (Å²) >= 11 is 6.73. The van der Waals surface area contributed by atoms with Gasteiger partial charge in [0.25, 0.3) is 0 Å². The van der Waals surface area contributed by atoms with Crippen molar-refractivity contribution < 1.29 is 8.42 Å². The van der Waals surface area contributed by atoms with Crippen LogP contribution in [0.1, 0.15) is 31.2 Å². The third-order valence-corrected chi connectivity index (χ3v) is 7.33. The molecule has 1 fully saturated rings. The summed E-state index contributed by atoms with van der Waals surface area (Å²) in [6, 6.07) is 3.24. The maximum atomic E-state index is 12.6. The largest absolute Gasteiger partial charge is 0.329 e. The molecule has 1 aromatic rings. The Morgan fingerprint density at radius 3 is 2.48 bits per heavy atom. The molecule has 21 heavy (non-hydrogen) atoms. The second kappa shape index (κ2) is 7.08. The Labute approximate surface area is 143 Å². The summed E-state index contributed by atoms with van der Waals surface area (Å²) in [5, 5.41) is 0. The van der Waals surface area contributed by atoms with Gasteiger partial charge in [-0.2, -0.15) is 0 Å². The lowest BCUT2D eigenvalue weighted by Crippen LogP contribution is -2.44. The highest BCUT2D eigenvalue weighted by molar-refractivity contribution is 9.11. The Balaban J connectivity index is 2.27. The quantitative estimate of drug-likeness (QED) is 0.738. The van der Waals surface area contributed by atoms with Gasteiger partial charge in [0.15, 0.2) is 0 Å². The molecule has 1 aliphatic rings. The maximum Gasteiger partial charge on any atom is 0.242 e. The summed E-state index contributed by atoms with van der Waals surface area (Å²) < 4.78 is 29.4. The summed E-state index contributed by atoms with van der Waals surface area (Å²) in [5.41, 5.74) is 6.76. The van der Waals surface area contributed by atoms with Crippen molar-refractivity contribution in [1.82, 2.24) is 4.72 Å². The van der Waals surface area contributed by atoms with Crippen molar-refractivity contribution in [2.24, 2.45) is 11.7 Å². The Kier molecular flexibility index (Phi) is 5.87. The molecule has 4 nitrogen and oxygen atoms in total. The van der Waals surface area contributed by atoms with Crippen LogP contribution in [0.4, 0.5) is 0 Å². The average Bonchev–Trinajstić information content (AvgIpc) is 2.94. The Morgan fingerprint density at radius 2 is 1.90 bits per heavy atom. The van der Waals surface area contributed by atoms with Crippen molar-refractivity contribution in [2.75, 3.05) is 6.54 Å². The highest BCUT2D eigenvalue weighted by Gasteiger charge is 2.29. The normalized spacial score (nSPS) is 18.1. The number of sulfonamides is 1. The predicted octanol–water partition coefficient (Wildman–Crippen LogP) is 3.32. The SMILES string of the molecule is Cc1cc(Br)c(S(=O)(=O)NC(CN)C2CCCC2)cc1Br. The van der Waals surface area contributed by atoms with Gasteiger partial charge in [-0.25, -0.2) is 13.1 Å². The molecule has 7 heteroatoms. The monoisotopic (exact) mass is 438 g/mol. The van der Waals surface area contributed by atoms with Crippen LogP contribution in [-0.2, 0) is 10.0 Å². The lowest BCUT2D eigenvalue weighted by molar-refractivity contribution is 0.405. The molecular formula is C14H20Br2N2O2S. The van der Waals surface area contributed by atoms with E-state index in [1.54, 1.807) is 12.1 Å². The first-order valence-electron chi connectivity index (χ1n) is 7.03. The zero-order valence-corrected chi connectivity index (χ0v) is 15.9. The summed E-state index contributed by atoms with van der Waals surface area (Å²) in [4.78, 5) is 0.247. The number of nitrogens with one attached hydrogen (secondary N) is 1. The van der Waals surface area contributed by atoms with Crippen LogP contribution >= 0.6 is 31.9 Å². The molecule has 1 aromatic carbocycles. The summed E-state index contributed by atoms with van der Waals surface area (Å²) in [5.74, 6) is 0.345. The van der Waals surface area contributed by atoms with Gasteiger partial charge in [0.2, 0.25) is 10.0 Å². The van der Waals surface area contributed by atoms with Gasteiger partial charge in [0.1, 0.15) is 0 Å². The minimum atomic E-state index is -3.59. The van der Waals surface area contributed by atoms with E-state index in [1.165, 1.54) is 0 Å². The second-order valence-corrected chi connectivity index (χ2v) is 8.93. The number of halogens is 2. The van der Waals surface area contributed by atoms with Gasteiger partial charge in [-0.05, 0) is 59.3 Å². The first kappa shape index (κ1) is 17.4. The van der Waals surface area contributed by atoms with E-state index >= 15 is 0 Å². The van der Waals surface area contributed by atoms with Gasteiger partial charge in [-0.15, -0.1) is 0 Å². The number of aryl methyl sites for hydroxylation is 1. The molecule has 3 N–H and O–H groups in total. The zero-order chi connectivity index (χ0) is 15.6. The van der Waals surface area contributed by atoms with E-state index in [1.807, 2.05) is 6.92 Å². The van der Waals surface area contributed by atoms with E-state index in [0.717, 1.165) is 35.7 Å². The Hall–Kier alpha value is 0.0500. The molecule has 1 atom stereocenters. The van der Waals surface area contributed by atoms with E-state index in [0.29, 0.717) is 16.9 Å². The van der Waals surface area contributed by atoms with Crippen LogP contribution < -0.4 is 10.5 Å². The van der Waals surface area contributed by atoms with Crippen LogP contribution in [0.5, 0.6) is 0 Å². The predicted molar refractivity (Wildman–Crippen MR) is 91.7 cm³/mol. The van der Waals surface area contributed by atoms with Crippen molar-refractivity contribution in [2.45, 2.75) is 43.5 Å². The summed E-state index contributed by atoms with van der Waals surface area (Å²) in [6.45, 7) is 2.24. The third kappa shape index (κ3) is 4.07. The topological polar surface area (TPSA) is 72.2 Å². The number of nitrogens with two attached hydrogens (primary N) is 1. The Bertz CT molecular complexity index is 614. The maximum absolute atomic E-state index is 12.6. The van der Waals surface area contributed by atoms with Gasteiger partial charge < -0.3 is 5.73 Å². The van der Waals surface area contributed by atoms with Crippen LogP contribution in [0.25, 0.3) is 0 Å². The molecule has 0 aliphatic heterocycles. The zero-order valence-electron chi connectivity index (χ0n) is 11.9. The summed E-state index contributed by atoms with van der Waals surface area (Å²) in [6.07, 6.45) is 4.40. The third-order valence-electron chi connectivity index (χ3n) is 4.03. The minimum Gasteiger partial charge on any atom is -0.329 e. The van der Waals surface area contributed by atoms with Crippen molar-refractivity contribution in [3.8, 4) is 0 Å². The lowest BCUT2D eigenvalue weighted by atomic mass is 9.99. The van der Waals surface area contributed by atoms with Crippen molar-refractivity contribution in [1.29, 1.82) is 0 Å².